The molecule has 1 N–H and O–H groups in total. The van der Waals surface area contributed by atoms with Crippen LogP contribution >= 0.6 is 0 Å². The minimum Gasteiger partial charge on any atom is -0.353 e. The molecule has 1 aliphatic rings. The number of likely N-dealkylation sites (tertiary alicyclic amines) is 1. The Morgan fingerprint density at radius 1 is 1.15 bits per heavy atom. The lowest BCUT2D eigenvalue weighted by molar-refractivity contribution is -0.122. The van der Waals surface area contributed by atoms with Crippen molar-refractivity contribution in [2.75, 3.05) is 13.1 Å². The van der Waals surface area contributed by atoms with E-state index in [0.29, 0.717) is 25.1 Å². The summed E-state index contributed by atoms with van der Waals surface area (Å²) in [6, 6.07) is 7.77. The molecular formula is C21H28N4O2. The van der Waals surface area contributed by atoms with Crippen LogP contribution in [0.5, 0.6) is 0 Å². The molecule has 0 saturated carbocycles. The van der Waals surface area contributed by atoms with Gasteiger partial charge in [0.1, 0.15) is 0 Å². The largest absolute Gasteiger partial charge is 0.353 e. The number of nitrogens with zero attached hydrogens (tertiary/aromatic N) is 3. The summed E-state index contributed by atoms with van der Waals surface area (Å²) in [6.07, 6.45) is 10.8. The van der Waals surface area contributed by atoms with E-state index in [4.69, 9.17) is 0 Å². The van der Waals surface area contributed by atoms with Gasteiger partial charge in [-0.2, -0.15) is 0 Å². The minimum absolute atomic E-state index is 0.0555. The van der Waals surface area contributed by atoms with Crippen molar-refractivity contribution in [3.63, 3.8) is 0 Å². The zero-order valence-electron chi connectivity index (χ0n) is 15.9. The highest BCUT2D eigenvalue weighted by Crippen LogP contribution is 2.16. The maximum absolute atomic E-state index is 12.7. The topological polar surface area (TPSA) is 67.2 Å². The molecule has 2 heterocycles. The summed E-state index contributed by atoms with van der Waals surface area (Å²) in [5.41, 5.74) is 1.68. The van der Waals surface area contributed by atoms with Gasteiger partial charge in [-0.1, -0.05) is 19.8 Å². The fourth-order valence-corrected chi connectivity index (χ4v) is 3.43. The first-order valence-corrected chi connectivity index (χ1v) is 9.84. The average molecular weight is 368 g/mol. The Bertz CT molecular complexity index is 732. The van der Waals surface area contributed by atoms with E-state index in [0.717, 1.165) is 37.8 Å². The summed E-state index contributed by atoms with van der Waals surface area (Å²) >= 11 is 0. The molecule has 1 aliphatic heterocycles. The summed E-state index contributed by atoms with van der Waals surface area (Å²) in [4.78, 5) is 30.6. The first-order chi connectivity index (χ1) is 13.2. The van der Waals surface area contributed by atoms with Crippen LogP contribution in [-0.4, -0.2) is 45.4 Å². The minimum atomic E-state index is 0.0555. The van der Waals surface area contributed by atoms with Crippen molar-refractivity contribution >= 4 is 11.8 Å². The Balaban J connectivity index is 1.47. The number of benzene rings is 1. The summed E-state index contributed by atoms with van der Waals surface area (Å²) in [5.74, 6) is 0.197. The predicted octanol–water partition coefficient (Wildman–Crippen LogP) is 3.17. The van der Waals surface area contributed by atoms with Crippen molar-refractivity contribution in [2.45, 2.75) is 51.5 Å². The second-order valence-electron chi connectivity index (χ2n) is 7.11. The highest BCUT2D eigenvalue weighted by Gasteiger charge is 2.24. The SMILES string of the molecule is CCCCCC(=O)NC1CCN(C(=O)c2ccc(-n3ccnc3)cc2)CC1. The van der Waals surface area contributed by atoms with Gasteiger partial charge in [-0.3, -0.25) is 9.59 Å². The molecule has 0 aliphatic carbocycles. The lowest BCUT2D eigenvalue weighted by atomic mass is 10.0. The maximum Gasteiger partial charge on any atom is 0.253 e. The Morgan fingerprint density at radius 2 is 1.89 bits per heavy atom. The second-order valence-corrected chi connectivity index (χ2v) is 7.11. The van der Waals surface area contributed by atoms with Crippen LogP contribution < -0.4 is 5.32 Å². The molecule has 6 heteroatoms. The molecule has 2 aromatic rings. The third-order valence-corrected chi connectivity index (χ3v) is 5.07. The number of unbranched alkanes of at least 4 members (excludes halogenated alkanes) is 2. The molecule has 0 unspecified atom stereocenters. The normalized spacial score (nSPS) is 14.9. The number of amides is 2. The van der Waals surface area contributed by atoms with Gasteiger partial charge in [0.15, 0.2) is 0 Å². The smallest absolute Gasteiger partial charge is 0.253 e. The van der Waals surface area contributed by atoms with Crippen molar-refractivity contribution in [1.82, 2.24) is 19.8 Å². The molecule has 1 aromatic carbocycles. The number of rotatable bonds is 7. The van der Waals surface area contributed by atoms with Crippen molar-refractivity contribution in [1.29, 1.82) is 0 Å². The van der Waals surface area contributed by atoms with E-state index < -0.39 is 0 Å². The van der Waals surface area contributed by atoms with Crippen LogP contribution in [0, 0.1) is 0 Å². The molecule has 0 bridgehead atoms. The third-order valence-electron chi connectivity index (χ3n) is 5.07. The zero-order chi connectivity index (χ0) is 19.1. The van der Waals surface area contributed by atoms with Crippen molar-refractivity contribution in [3.05, 3.63) is 48.5 Å². The van der Waals surface area contributed by atoms with Gasteiger partial charge in [0.25, 0.3) is 5.91 Å². The van der Waals surface area contributed by atoms with Gasteiger partial charge in [-0.25, -0.2) is 4.98 Å². The number of carbonyl (C=O) groups is 2. The van der Waals surface area contributed by atoms with E-state index >= 15 is 0 Å². The number of piperidine rings is 1. The van der Waals surface area contributed by atoms with Crippen LogP contribution in [0.1, 0.15) is 55.8 Å². The summed E-state index contributed by atoms with van der Waals surface area (Å²) < 4.78 is 1.91. The van der Waals surface area contributed by atoms with Gasteiger partial charge in [0, 0.05) is 49.2 Å². The molecule has 1 aromatic heterocycles. The Morgan fingerprint density at radius 3 is 2.52 bits per heavy atom. The van der Waals surface area contributed by atoms with Crippen LogP contribution in [0.15, 0.2) is 43.0 Å². The van der Waals surface area contributed by atoms with E-state index in [1.807, 2.05) is 39.9 Å². The Labute approximate surface area is 160 Å². The number of hydrogen-bond donors (Lipinski definition) is 1. The van der Waals surface area contributed by atoms with Crippen molar-refractivity contribution in [2.24, 2.45) is 0 Å². The van der Waals surface area contributed by atoms with Crippen LogP contribution in [0.25, 0.3) is 5.69 Å². The molecule has 27 heavy (non-hydrogen) atoms. The van der Waals surface area contributed by atoms with Crippen molar-refractivity contribution in [3.8, 4) is 5.69 Å². The number of carbonyl (C=O) groups excluding carboxylic acids is 2. The van der Waals surface area contributed by atoms with Gasteiger partial charge in [-0.05, 0) is 43.5 Å². The van der Waals surface area contributed by atoms with Crippen molar-refractivity contribution < 1.29 is 9.59 Å². The average Bonchev–Trinajstić information content (AvgIpc) is 3.23. The standard InChI is InChI=1S/C21H28N4O2/c1-2-3-4-5-20(26)23-18-10-13-24(14-11-18)21(27)17-6-8-19(9-7-17)25-15-12-22-16-25/h6-9,12,15-16,18H,2-5,10-11,13-14H2,1H3,(H,23,26). The number of aromatic nitrogens is 2. The Kier molecular flexibility index (Phi) is 6.63. The predicted molar refractivity (Wildman–Crippen MR) is 105 cm³/mol. The fraction of sp³-hybridized carbons (Fsp3) is 0.476. The van der Waals surface area contributed by atoms with E-state index in [-0.39, 0.29) is 17.9 Å². The van der Waals surface area contributed by atoms with E-state index in [9.17, 15) is 9.59 Å². The zero-order valence-corrected chi connectivity index (χ0v) is 15.9. The summed E-state index contributed by atoms with van der Waals surface area (Å²) in [6.45, 7) is 3.50. The van der Waals surface area contributed by atoms with Gasteiger partial charge in [0.2, 0.25) is 5.91 Å². The second kappa shape index (κ2) is 9.35. The third kappa shape index (κ3) is 5.18. The summed E-state index contributed by atoms with van der Waals surface area (Å²) in [7, 11) is 0. The monoisotopic (exact) mass is 368 g/mol. The molecule has 2 amide bonds. The quantitative estimate of drug-likeness (QED) is 0.763. The van der Waals surface area contributed by atoms with E-state index in [2.05, 4.69) is 17.2 Å². The number of nitrogens with one attached hydrogen (secondary N) is 1. The van der Waals surface area contributed by atoms with Crippen LogP contribution in [0.2, 0.25) is 0 Å². The number of imidazole rings is 1. The molecule has 1 fully saturated rings. The number of hydrogen-bond acceptors (Lipinski definition) is 3. The molecule has 0 radical (unpaired) electrons. The highest BCUT2D eigenvalue weighted by molar-refractivity contribution is 5.94. The lowest BCUT2D eigenvalue weighted by Gasteiger charge is -2.32. The molecule has 1 saturated heterocycles. The molecule has 144 valence electrons. The maximum atomic E-state index is 12.7. The van der Waals surface area contributed by atoms with Crippen LogP contribution in [-0.2, 0) is 4.79 Å². The van der Waals surface area contributed by atoms with E-state index in [1.165, 1.54) is 0 Å². The van der Waals surface area contributed by atoms with Gasteiger partial charge >= 0.3 is 0 Å². The van der Waals surface area contributed by atoms with Gasteiger partial charge in [-0.15, -0.1) is 0 Å². The Hall–Kier alpha value is -2.63. The van der Waals surface area contributed by atoms with Gasteiger partial charge in [0.05, 0.1) is 6.33 Å². The van der Waals surface area contributed by atoms with E-state index in [1.54, 1.807) is 12.5 Å². The lowest BCUT2D eigenvalue weighted by Crippen LogP contribution is -2.46. The highest BCUT2D eigenvalue weighted by atomic mass is 16.2. The fourth-order valence-electron chi connectivity index (χ4n) is 3.43. The van der Waals surface area contributed by atoms with Crippen LogP contribution in [0.3, 0.4) is 0 Å². The molecular weight excluding hydrogens is 340 g/mol. The van der Waals surface area contributed by atoms with Gasteiger partial charge < -0.3 is 14.8 Å². The van der Waals surface area contributed by atoms with Crippen LogP contribution in [0.4, 0.5) is 0 Å². The summed E-state index contributed by atoms with van der Waals surface area (Å²) in [5, 5.41) is 3.11. The molecule has 0 atom stereocenters. The first kappa shape index (κ1) is 19.1. The molecule has 0 spiro atoms. The first-order valence-electron chi connectivity index (χ1n) is 9.84. The molecule has 6 nitrogen and oxygen atoms in total. The molecule has 3 rings (SSSR count).